The standard InChI is InChI=1S/C11H10FN3/c12-9-4-2-1-3-8(9)11(13)10-7-14-5-6-15-10/h1-7,11H,13H2. The predicted octanol–water partition coefficient (Wildman–Crippen LogP) is 1.66. The number of halogens is 1. The fraction of sp³-hybridized carbons (Fsp3) is 0.0909. The Hall–Kier alpha value is -1.81. The fourth-order valence-corrected chi connectivity index (χ4v) is 1.36. The zero-order valence-electron chi connectivity index (χ0n) is 7.97. The maximum Gasteiger partial charge on any atom is 0.128 e. The highest BCUT2D eigenvalue weighted by Gasteiger charge is 2.13. The molecule has 0 fully saturated rings. The Morgan fingerprint density at radius 1 is 1.20 bits per heavy atom. The number of nitrogens with zero attached hydrogens (tertiary/aromatic N) is 2. The molecule has 15 heavy (non-hydrogen) atoms. The molecule has 2 aromatic rings. The SMILES string of the molecule is NC(c1cnccn1)c1ccccc1F. The van der Waals surface area contributed by atoms with E-state index in [4.69, 9.17) is 5.73 Å². The van der Waals surface area contributed by atoms with E-state index in [9.17, 15) is 4.39 Å². The number of rotatable bonds is 2. The van der Waals surface area contributed by atoms with Crippen LogP contribution in [-0.2, 0) is 0 Å². The molecule has 76 valence electrons. The number of hydrogen-bond acceptors (Lipinski definition) is 3. The Kier molecular flexibility index (Phi) is 2.69. The topological polar surface area (TPSA) is 51.8 Å². The highest BCUT2D eigenvalue weighted by atomic mass is 19.1. The molecule has 0 saturated heterocycles. The van der Waals surface area contributed by atoms with Crippen molar-refractivity contribution >= 4 is 0 Å². The van der Waals surface area contributed by atoms with Crippen molar-refractivity contribution in [3.8, 4) is 0 Å². The molecule has 0 amide bonds. The Labute approximate surface area is 86.8 Å². The van der Waals surface area contributed by atoms with Gasteiger partial charge in [0, 0.05) is 18.0 Å². The first-order valence-corrected chi connectivity index (χ1v) is 4.55. The second-order valence-electron chi connectivity index (χ2n) is 3.13. The van der Waals surface area contributed by atoms with Gasteiger partial charge in [0.25, 0.3) is 0 Å². The van der Waals surface area contributed by atoms with E-state index >= 15 is 0 Å². The molecule has 1 aromatic carbocycles. The van der Waals surface area contributed by atoms with Crippen LogP contribution in [0.5, 0.6) is 0 Å². The summed E-state index contributed by atoms with van der Waals surface area (Å²) in [6, 6.07) is 5.83. The summed E-state index contributed by atoms with van der Waals surface area (Å²) in [5, 5.41) is 0. The zero-order valence-corrected chi connectivity index (χ0v) is 7.97. The molecule has 0 saturated carbocycles. The van der Waals surface area contributed by atoms with E-state index in [1.54, 1.807) is 24.4 Å². The van der Waals surface area contributed by atoms with Crippen LogP contribution in [0.2, 0.25) is 0 Å². The average Bonchev–Trinajstić information content (AvgIpc) is 2.30. The molecule has 1 aromatic heterocycles. The van der Waals surface area contributed by atoms with Gasteiger partial charge in [-0.05, 0) is 6.07 Å². The van der Waals surface area contributed by atoms with Crippen molar-refractivity contribution in [1.82, 2.24) is 9.97 Å². The van der Waals surface area contributed by atoms with E-state index in [0.717, 1.165) is 0 Å². The van der Waals surface area contributed by atoms with Crippen molar-refractivity contribution < 1.29 is 4.39 Å². The molecule has 2 N–H and O–H groups in total. The fourth-order valence-electron chi connectivity index (χ4n) is 1.36. The minimum Gasteiger partial charge on any atom is -0.319 e. The number of hydrogen-bond donors (Lipinski definition) is 1. The Bertz CT molecular complexity index is 445. The van der Waals surface area contributed by atoms with Crippen LogP contribution in [0.25, 0.3) is 0 Å². The van der Waals surface area contributed by atoms with Crippen LogP contribution in [0.4, 0.5) is 4.39 Å². The monoisotopic (exact) mass is 203 g/mol. The molecule has 1 unspecified atom stereocenters. The van der Waals surface area contributed by atoms with Crippen LogP contribution in [0, 0.1) is 5.82 Å². The van der Waals surface area contributed by atoms with Crippen LogP contribution in [0.3, 0.4) is 0 Å². The van der Waals surface area contributed by atoms with Gasteiger partial charge in [-0.2, -0.15) is 0 Å². The first-order chi connectivity index (χ1) is 7.29. The quantitative estimate of drug-likeness (QED) is 0.807. The van der Waals surface area contributed by atoms with E-state index in [0.29, 0.717) is 11.3 Å². The van der Waals surface area contributed by atoms with Crippen molar-refractivity contribution in [2.24, 2.45) is 5.73 Å². The van der Waals surface area contributed by atoms with Gasteiger partial charge in [-0.15, -0.1) is 0 Å². The van der Waals surface area contributed by atoms with Gasteiger partial charge in [-0.25, -0.2) is 4.39 Å². The van der Waals surface area contributed by atoms with Crippen LogP contribution in [0.1, 0.15) is 17.3 Å². The van der Waals surface area contributed by atoms with Crippen molar-refractivity contribution in [2.45, 2.75) is 6.04 Å². The lowest BCUT2D eigenvalue weighted by molar-refractivity contribution is 0.596. The third-order valence-corrected chi connectivity index (χ3v) is 2.14. The molecule has 1 atom stereocenters. The second-order valence-corrected chi connectivity index (χ2v) is 3.13. The third-order valence-electron chi connectivity index (χ3n) is 2.14. The van der Waals surface area contributed by atoms with Gasteiger partial charge in [-0.3, -0.25) is 9.97 Å². The molecule has 0 aliphatic rings. The minimum absolute atomic E-state index is 0.323. The molecule has 0 radical (unpaired) electrons. The molecule has 4 heteroatoms. The molecule has 1 heterocycles. The molecular weight excluding hydrogens is 193 g/mol. The molecular formula is C11H10FN3. The van der Waals surface area contributed by atoms with E-state index in [1.165, 1.54) is 18.5 Å². The van der Waals surface area contributed by atoms with Crippen LogP contribution < -0.4 is 5.73 Å². The minimum atomic E-state index is -0.570. The second kappa shape index (κ2) is 4.14. The van der Waals surface area contributed by atoms with Gasteiger partial charge in [-0.1, -0.05) is 18.2 Å². The number of nitrogens with two attached hydrogens (primary N) is 1. The maximum absolute atomic E-state index is 13.4. The van der Waals surface area contributed by atoms with Crippen molar-refractivity contribution in [2.75, 3.05) is 0 Å². The lowest BCUT2D eigenvalue weighted by atomic mass is 10.0. The smallest absolute Gasteiger partial charge is 0.128 e. The average molecular weight is 203 g/mol. The van der Waals surface area contributed by atoms with E-state index in [1.807, 2.05) is 0 Å². The summed E-state index contributed by atoms with van der Waals surface area (Å²) in [6.45, 7) is 0. The highest BCUT2D eigenvalue weighted by molar-refractivity contribution is 5.27. The molecule has 2 rings (SSSR count). The van der Waals surface area contributed by atoms with Crippen molar-refractivity contribution in [3.05, 3.63) is 59.9 Å². The molecule has 0 spiro atoms. The predicted molar refractivity (Wildman–Crippen MR) is 54.5 cm³/mol. The molecule has 0 bridgehead atoms. The Balaban J connectivity index is 2.37. The Morgan fingerprint density at radius 2 is 2.00 bits per heavy atom. The number of aromatic nitrogens is 2. The molecule has 0 aliphatic carbocycles. The lowest BCUT2D eigenvalue weighted by Gasteiger charge is -2.11. The van der Waals surface area contributed by atoms with Gasteiger partial charge in [0.05, 0.1) is 17.9 Å². The van der Waals surface area contributed by atoms with Crippen LogP contribution in [-0.4, -0.2) is 9.97 Å². The van der Waals surface area contributed by atoms with E-state index in [2.05, 4.69) is 9.97 Å². The summed E-state index contributed by atoms with van der Waals surface area (Å²) in [7, 11) is 0. The highest BCUT2D eigenvalue weighted by Crippen LogP contribution is 2.19. The summed E-state index contributed by atoms with van der Waals surface area (Å²) in [6.07, 6.45) is 4.63. The largest absolute Gasteiger partial charge is 0.319 e. The molecule has 0 aliphatic heterocycles. The first kappa shape index (κ1) is 9.73. The summed E-state index contributed by atoms with van der Waals surface area (Å²) < 4.78 is 13.4. The summed E-state index contributed by atoms with van der Waals surface area (Å²) in [5.41, 5.74) is 6.86. The maximum atomic E-state index is 13.4. The summed E-state index contributed by atoms with van der Waals surface area (Å²) in [4.78, 5) is 7.94. The zero-order chi connectivity index (χ0) is 10.7. The van der Waals surface area contributed by atoms with Gasteiger partial charge in [0.15, 0.2) is 0 Å². The normalized spacial score (nSPS) is 12.4. The summed E-state index contributed by atoms with van der Waals surface area (Å²) in [5.74, 6) is -0.323. The summed E-state index contributed by atoms with van der Waals surface area (Å²) >= 11 is 0. The van der Waals surface area contributed by atoms with Gasteiger partial charge >= 0.3 is 0 Å². The van der Waals surface area contributed by atoms with Gasteiger partial charge < -0.3 is 5.73 Å². The number of benzene rings is 1. The Morgan fingerprint density at radius 3 is 2.67 bits per heavy atom. The van der Waals surface area contributed by atoms with Crippen LogP contribution in [0.15, 0.2) is 42.9 Å². The van der Waals surface area contributed by atoms with Crippen molar-refractivity contribution in [1.29, 1.82) is 0 Å². The molecule has 3 nitrogen and oxygen atoms in total. The lowest BCUT2D eigenvalue weighted by Crippen LogP contribution is -2.15. The van der Waals surface area contributed by atoms with Crippen LogP contribution >= 0.6 is 0 Å². The first-order valence-electron chi connectivity index (χ1n) is 4.55. The van der Waals surface area contributed by atoms with E-state index in [-0.39, 0.29) is 5.82 Å². The van der Waals surface area contributed by atoms with E-state index < -0.39 is 6.04 Å². The van der Waals surface area contributed by atoms with Crippen molar-refractivity contribution in [3.63, 3.8) is 0 Å². The van der Waals surface area contributed by atoms with Gasteiger partial charge in [0.1, 0.15) is 5.82 Å². The van der Waals surface area contributed by atoms with Gasteiger partial charge in [0.2, 0.25) is 0 Å². The third kappa shape index (κ3) is 1.99.